The molecule has 5 heteroatoms. The van der Waals surface area contributed by atoms with Gasteiger partial charge in [-0.1, -0.05) is 44.2 Å². The summed E-state index contributed by atoms with van der Waals surface area (Å²) in [4.78, 5) is 28.7. The molecule has 0 radical (unpaired) electrons. The van der Waals surface area contributed by atoms with Crippen molar-refractivity contribution < 1.29 is 19.4 Å². The molecule has 0 atom stereocenters. The van der Waals surface area contributed by atoms with Crippen molar-refractivity contribution in [1.29, 1.82) is 0 Å². The summed E-state index contributed by atoms with van der Waals surface area (Å²) in [6, 6.07) is 9.94. The van der Waals surface area contributed by atoms with Crippen LogP contribution in [0.25, 0.3) is 0 Å². The number of esters is 1. The summed E-state index contributed by atoms with van der Waals surface area (Å²) in [5.41, 5.74) is 1.69. The van der Waals surface area contributed by atoms with Gasteiger partial charge in [-0.15, -0.1) is 0 Å². The number of methoxy groups -OCH3 is 1. The van der Waals surface area contributed by atoms with E-state index in [0.717, 1.165) is 12.0 Å². The van der Waals surface area contributed by atoms with E-state index in [1.54, 1.807) is 0 Å². The predicted octanol–water partition coefficient (Wildman–Crippen LogP) is 3.82. The number of benzene rings is 1. The van der Waals surface area contributed by atoms with Gasteiger partial charge in [-0.2, -0.15) is 0 Å². The lowest BCUT2D eigenvalue weighted by atomic mass is 9.75. The summed E-state index contributed by atoms with van der Waals surface area (Å²) >= 11 is 0. The molecule has 2 rings (SSSR count). The van der Waals surface area contributed by atoms with E-state index in [-0.39, 0.29) is 35.8 Å². The number of carbonyl (C=O) groups excluding carboxylic acids is 2. The van der Waals surface area contributed by atoms with Gasteiger partial charge in [-0.05, 0) is 17.4 Å². The van der Waals surface area contributed by atoms with Crippen molar-refractivity contribution in [3.05, 3.63) is 47.2 Å². The van der Waals surface area contributed by atoms with Crippen LogP contribution in [-0.2, 0) is 20.7 Å². The van der Waals surface area contributed by atoms with Crippen LogP contribution < -0.4 is 0 Å². The first-order chi connectivity index (χ1) is 12.3. The summed E-state index contributed by atoms with van der Waals surface area (Å²) in [6.07, 6.45) is 1.95. The maximum atomic E-state index is 12.6. The Morgan fingerprint density at radius 3 is 2.50 bits per heavy atom. The molecule has 0 fully saturated rings. The average molecular weight is 357 g/mol. The number of aliphatic hydroxyl groups excluding tert-OH is 1. The largest absolute Gasteiger partial charge is 0.511 e. The van der Waals surface area contributed by atoms with E-state index >= 15 is 0 Å². The number of hydrogen-bond acceptors (Lipinski definition) is 5. The van der Waals surface area contributed by atoms with Gasteiger partial charge in [0.1, 0.15) is 5.76 Å². The topological polar surface area (TPSA) is 76.0 Å². The minimum atomic E-state index is -0.357. The fourth-order valence-electron chi connectivity index (χ4n) is 3.19. The minimum Gasteiger partial charge on any atom is -0.511 e. The Morgan fingerprint density at radius 1 is 1.19 bits per heavy atom. The standard InChI is InChI=1S/C21H27NO4/c1-21(2)13-17(23)20(18(24)14-21)16(9-10-19(25)26-3)22-12-11-15-7-5-4-6-8-15/h4-8,23H,9-14H2,1-3H3. The van der Waals surface area contributed by atoms with Gasteiger partial charge in [-0.25, -0.2) is 0 Å². The first kappa shape index (κ1) is 19.9. The van der Waals surface area contributed by atoms with Gasteiger partial charge in [0.15, 0.2) is 5.78 Å². The normalized spacial score (nSPS) is 17.3. The Morgan fingerprint density at radius 2 is 1.88 bits per heavy atom. The number of ketones is 1. The molecule has 1 aliphatic rings. The molecule has 0 aromatic heterocycles. The number of ether oxygens (including phenoxy) is 1. The van der Waals surface area contributed by atoms with E-state index in [2.05, 4.69) is 4.99 Å². The van der Waals surface area contributed by atoms with Crippen molar-refractivity contribution in [3.8, 4) is 0 Å². The van der Waals surface area contributed by atoms with Crippen LogP contribution in [0.2, 0.25) is 0 Å². The second-order valence-corrected chi connectivity index (χ2v) is 7.40. The molecule has 1 aromatic carbocycles. The molecule has 0 spiro atoms. The molecule has 1 N–H and O–H groups in total. The van der Waals surface area contributed by atoms with Crippen molar-refractivity contribution in [2.24, 2.45) is 10.4 Å². The summed E-state index contributed by atoms with van der Waals surface area (Å²) < 4.78 is 4.69. The number of aliphatic hydroxyl groups is 1. The third-order valence-electron chi connectivity index (χ3n) is 4.48. The van der Waals surface area contributed by atoms with Gasteiger partial charge < -0.3 is 9.84 Å². The van der Waals surface area contributed by atoms with Crippen LogP contribution in [0.3, 0.4) is 0 Å². The molecule has 140 valence electrons. The molecule has 5 nitrogen and oxygen atoms in total. The molecule has 0 heterocycles. The molecule has 1 aliphatic carbocycles. The quantitative estimate of drug-likeness (QED) is 0.594. The highest BCUT2D eigenvalue weighted by molar-refractivity contribution is 6.23. The molecule has 0 bridgehead atoms. The van der Waals surface area contributed by atoms with E-state index in [4.69, 9.17) is 4.74 Å². The maximum absolute atomic E-state index is 12.6. The number of aliphatic imine (C=N–C) groups is 1. The molecule has 0 saturated carbocycles. The van der Waals surface area contributed by atoms with Crippen LogP contribution in [-0.4, -0.2) is 36.2 Å². The van der Waals surface area contributed by atoms with Crippen LogP contribution in [0, 0.1) is 5.41 Å². The Bertz CT molecular complexity index is 717. The van der Waals surface area contributed by atoms with Gasteiger partial charge >= 0.3 is 5.97 Å². The molecular formula is C21H27NO4. The average Bonchev–Trinajstić information content (AvgIpc) is 2.58. The number of allylic oxidation sites excluding steroid dienone is 2. The molecule has 0 unspecified atom stereocenters. The van der Waals surface area contributed by atoms with Crippen LogP contribution in [0.4, 0.5) is 0 Å². The van der Waals surface area contributed by atoms with E-state index in [1.165, 1.54) is 7.11 Å². The summed E-state index contributed by atoms with van der Waals surface area (Å²) in [5.74, 6) is -0.388. The summed E-state index contributed by atoms with van der Waals surface area (Å²) in [5, 5.41) is 10.4. The lowest BCUT2D eigenvalue weighted by molar-refractivity contribution is -0.140. The number of carbonyl (C=O) groups is 2. The highest BCUT2D eigenvalue weighted by Crippen LogP contribution is 2.36. The van der Waals surface area contributed by atoms with E-state index in [0.29, 0.717) is 30.7 Å². The van der Waals surface area contributed by atoms with Gasteiger partial charge in [0.05, 0.1) is 19.1 Å². The first-order valence-electron chi connectivity index (χ1n) is 8.92. The van der Waals surface area contributed by atoms with Crippen LogP contribution in [0.15, 0.2) is 46.7 Å². The summed E-state index contributed by atoms with van der Waals surface area (Å²) in [6.45, 7) is 4.41. The zero-order valence-corrected chi connectivity index (χ0v) is 15.7. The molecule has 0 amide bonds. The molecule has 26 heavy (non-hydrogen) atoms. The number of nitrogens with zero attached hydrogens (tertiary/aromatic N) is 1. The van der Waals surface area contributed by atoms with Gasteiger partial charge in [0, 0.05) is 31.5 Å². The first-order valence-corrected chi connectivity index (χ1v) is 8.92. The lowest BCUT2D eigenvalue weighted by Gasteiger charge is -2.30. The van der Waals surface area contributed by atoms with Gasteiger partial charge in [0.2, 0.25) is 0 Å². The van der Waals surface area contributed by atoms with Crippen molar-refractivity contribution in [1.82, 2.24) is 0 Å². The van der Waals surface area contributed by atoms with Crippen molar-refractivity contribution in [3.63, 3.8) is 0 Å². The predicted molar refractivity (Wildman–Crippen MR) is 101 cm³/mol. The minimum absolute atomic E-state index is 0.0783. The lowest BCUT2D eigenvalue weighted by Crippen LogP contribution is -2.29. The van der Waals surface area contributed by atoms with Crippen molar-refractivity contribution >= 4 is 17.5 Å². The van der Waals surface area contributed by atoms with Gasteiger partial charge in [-0.3, -0.25) is 14.6 Å². The maximum Gasteiger partial charge on any atom is 0.305 e. The Kier molecular flexibility index (Phi) is 6.72. The Labute approximate surface area is 154 Å². The smallest absolute Gasteiger partial charge is 0.305 e. The Hall–Kier alpha value is -2.43. The highest BCUT2D eigenvalue weighted by atomic mass is 16.5. The van der Waals surface area contributed by atoms with E-state index in [9.17, 15) is 14.7 Å². The van der Waals surface area contributed by atoms with Crippen LogP contribution in [0.5, 0.6) is 0 Å². The fraction of sp³-hybridized carbons (Fsp3) is 0.476. The number of hydrogen-bond donors (Lipinski definition) is 1. The summed E-state index contributed by atoms with van der Waals surface area (Å²) in [7, 11) is 1.33. The van der Waals surface area contributed by atoms with Gasteiger partial charge in [0.25, 0.3) is 0 Å². The van der Waals surface area contributed by atoms with Crippen LogP contribution in [0.1, 0.15) is 45.1 Å². The molecule has 1 aromatic rings. The van der Waals surface area contributed by atoms with E-state index in [1.807, 2.05) is 44.2 Å². The third kappa shape index (κ3) is 5.55. The second-order valence-electron chi connectivity index (χ2n) is 7.40. The number of Topliss-reactive ketones (excluding diaryl/α,β-unsaturated/α-hetero) is 1. The van der Waals surface area contributed by atoms with E-state index < -0.39 is 0 Å². The van der Waals surface area contributed by atoms with Crippen molar-refractivity contribution in [2.45, 2.75) is 46.0 Å². The fourth-order valence-corrected chi connectivity index (χ4v) is 3.19. The zero-order valence-electron chi connectivity index (χ0n) is 15.7. The molecule has 0 aliphatic heterocycles. The molecule has 0 saturated heterocycles. The number of rotatable bonds is 7. The van der Waals surface area contributed by atoms with Crippen LogP contribution >= 0.6 is 0 Å². The Balaban J connectivity index is 2.21. The monoisotopic (exact) mass is 357 g/mol. The second kappa shape index (κ2) is 8.79. The zero-order chi connectivity index (χ0) is 19.2. The van der Waals surface area contributed by atoms with Crippen molar-refractivity contribution in [2.75, 3.05) is 13.7 Å². The molecular weight excluding hydrogens is 330 g/mol. The highest BCUT2D eigenvalue weighted by Gasteiger charge is 2.35. The SMILES string of the molecule is COC(=O)CCC(=NCCc1ccccc1)C1=C(O)CC(C)(C)CC1=O. The third-order valence-corrected chi connectivity index (χ3v) is 4.48.